The smallest absolute Gasteiger partial charge is 0.252 e. The van der Waals surface area contributed by atoms with Gasteiger partial charge in [0.25, 0.3) is 6.71 Å². The van der Waals surface area contributed by atoms with Gasteiger partial charge in [-0.1, -0.05) is 430 Å². The summed E-state index contributed by atoms with van der Waals surface area (Å²) in [5, 5.41) is 21.2. The fourth-order valence-electron chi connectivity index (χ4n) is 25.8. The highest BCUT2D eigenvalue weighted by molar-refractivity contribution is 7.00. The van der Waals surface area contributed by atoms with E-state index in [4.69, 9.17) is 0 Å². The number of benzene rings is 21. The minimum absolute atomic E-state index is 0.203. The highest BCUT2D eigenvalue weighted by Crippen LogP contribution is 2.61. The Morgan fingerprint density at radius 1 is 0.177 bits per heavy atom. The molecule has 5 heteroatoms. The number of hydrogen-bond donors (Lipinski definition) is 0. The van der Waals surface area contributed by atoms with Gasteiger partial charge in [-0.15, -0.1) is 0 Å². The van der Waals surface area contributed by atoms with E-state index in [1.54, 1.807) is 0 Å². The molecule has 147 heavy (non-hydrogen) atoms. The molecule has 25 rings (SSSR count). The maximum atomic E-state index is 2.86. The largest absolute Gasteiger partial charge is 0.310 e. The van der Waals surface area contributed by atoms with Crippen molar-refractivity contribution < 1.29 is 0 Å². The molecule has 2 aliphatic heterocycles. The van der Waals surface area contributed by atoms with Crippen LogP contribution in [0.4, 0.5) is 34.1 Å². The molecule has 0 unspecified atom stereocenters. The zero-order chi connectivity index (χ0) is 103. The van der Waals surface area contributed by atoms with Gasteiger partial charge in [-0.25, -0.2) is 0 Å². The van der Waals surface area contributed by atoms with E-state index in [1.165, 1.54) is 175 Å². The van der Waals surface area contributed by atoms with Gasteiger partial charge in [-0.05, 0) is 309 Å². The van der Waals surface area contributed by atoms with Crippen LogP contribution in [0, 0.1) is 0 Å². The van der Waals surface area contributed by atoms with Crippen molar-refractivity contribution in [1.29, 1.82) is 0 Å². The normalized spacial score (nSPS) is 13.8. The van der Waals surface area contributed by atoms with Crippen LogP contribution in [0.5, 0.6) is 0 Å². The molecule has 0 radical (unpaired) electrons. The van der Waals surface area contributed by atoms with Crippen molar-refractivity contribution in [3.63, 3.8) is 0 Å². The van der Waals surface area contributed by atoms with Crippen LogP contribution in [0.15, 0.2) is 328 Å². The summed E-state index contributed by atoms with van der Waals surface area (Å²) >= 11 is 0. The molecule has 0 aliphatic carbocycles. The third kappa shape index (κ3) is 14.5. The van der Waals surface area contributed by atoms with Gasteiger partial charge in [0.1, 0.15) is 0 Å². The van der Waals surface area contributed by atoms with E-state index in [1.807, 2.05) is 0 Å². The Hall–Kier alpha value is -14.5. The molecule has 0 saturated heterocycles. The zero-order valence-corrected chi connectivity index (χ0v) is 91.0. The van der Waals surface area contributed by atoms with Crippen LogP contribution in [0.2, 0.25) is 0 Å². The van der Waals surface area contributed by atoms with Gasteiger partial charge in [0.05, 0.1) is 33.4 Å². The predicted molar refractivity (Wildman–Crippen MR) is 640 cm³/mol. The molecule has 2 aromatic heterocycles. The summed E-state index contributed by atoms with van der Waals surface area (Å²) in [4.78, 5) is 5.72. The van der Waals surface area contributed by atoms with Gasteiger partial charge in [-0.2, -0.15) is 0 Å². The van der Waals surface area contributed by atoms with Crippen LogP contribution in [0.3, 0.4) is 0 Å². The first-order chi connectivity index (χ1) is 69.6. The molecule has 2 aliphatic rings. The molecular weight excluding hydrogens is 1770 g/mol. The van der Waals surface area contributed by atoms with E-state index in [0.717, 1.165) is 112 Å². The Morgan fingerprint density at radius 3 is 0.673 bits per heavy atom. The first-order valence-electron chi connectivity index (χ1n) is 53.6. The van der Waals surface area contributed by atoms with Gasteiger partial charge >= 0.3 is 0 Å². The Morgan fingerprint density at radius 2 is 0.422 bits per heavy atom. The summed E-state index contributed by atoms with van der Waals surface area (Å²) < 4.78 is 5.48. The van der Waals surface area contributed by atoms with Crippen LogP contribution in [-0.4, -0.2) is 15.8 Å². The lowest BCUT2D eigenvalue weighted by molar-refractivity contribution is 0.590. The van der Waals surface area contributed by atoms with Crippen molar-refractivity contribution in [2.45, 2.75) is 236 Å². The van der Waals surface area contributed by atoms with Gasteiger partial charge in [0.2, 0.25) is 0 Å². The lowest BCUT2D eigenvalue weighted by atomic mass is 9.33. The zero-order valence-electron chi connectivity index (χ0n) is 91.0. The van der Waals surface area contributed by atoms with E-state index in [9.17, 15) is 0 Å². The Balaban J connectivity index is 0.905. The first-order valence-corrected chi connectivity index (χ1v) is 53.6. The molecule has 0 bridgehead atoms. The molecule has 0 N–H and O–H groups in total. The quantitative estimate of drug-likeness (QED) is 0.0771. The van der Waals surface area contributed by atoms with Gasteiger partial charge in [0, 0.05) is 77.9 Å². The molecule has 0 atom stereocenters. The van der Waals surface area contributed by atoms with E-state index in [2.05, 4.69) is 533 Å². The number of hydrogen-bond acceptors (Lipinski definition) is 2. The second kappa shape index (κ2) is 32.0. The number of rotatable bonds is 10. The van der Waals surface area contributed by atoms with E-state index in [-0.39, 0.29) is 50.0 Å². The molecule has 4 nitrogen and oxygen atoms in total. The highest BCUT2D eigenvalue weighted by atomic mass is 15.2. The van der Waals surface area contributed by atoms with Crippen molar-refractivity contribution >= 4 is 165 Å². The standard InChI is InChI=1S/C142H135BN4/c1-134(2,3)90-50-34-46-84(66-90)105-70-88(82-42-30-28-31-43-82)71-106(85-47-35-51-91(67-85)135(4,5)6)132(105)146-115-76-95(144-117-78-109(139(16,17)18)101-58-38-54-97-98-55-39-59-102-110(140(19,20)21)79-118(144)128(124(98)102)127(117)123(97)101)62-64-113(115)143-114-65-63-96(145-119-80-111(141(22,23)24)103-60-40-56-99-100-57-41-61-104-112(142(25,26)27)81-120(145)130(126(100)104)129(119)125(99)103)77-116(114)147(122-75-94(138(13,14)15)74-121(146)131(122)143)133-107(86-48-36-52-92(68-86)136(7,8)9)72-89(83-44-32-29-33-45-83)73-108(133)87-49-37-53-93(69-87)137(10,11)12/h28-81H,1-27H3. The monoisotopic (exact) mass is 1910 g/mol. The van der Waals surface area contributed by atoms with Crippen molar-refractivity contribution in [3.05, 3.63) is 378 Å². The highest BCUT2D eigenvalue weighted by Gasteiger charge is 2.48. The molecule has 4 heterocycles. The minimum Gasteiger partial charge on any atom is -0.310 e. The SMILES string of the molecule is CC(C)(C)c1cccc(-c2cc(-c3ccccc3)cc(-c3cccc(C(C)(C)C)c3)c2N2c3cc(-n4c5cc(C(C)(C)C)c6cccc7c8cccc9c(C(C)(C)C)cc4c(c98)c5c67)ccc3B3c4ccc(-n5c6cc(C(C)(C)C)c7cccc8c9cccc%10c(C(C)(C)C)cc5c(c%109)c6c78)cc4N(c4c(-c5cccc(C(C)(C)C)c5)cc(-c5ccccc5)cc4-c4cccc(C(C)(C)C)c4)c4cc(C(C)(C)C)cc2c43)c1. The third-order valence-electron chi connectivity index (χ3n) is 33.3. The fraction of sp³-hybridized carbons (Fsp3) is 0.254. The molecular formula is C142H135BN4. The summed E-state index contributed by atoms with van der Waals surface area (Å²) in [6.07, 6.45) is 0. The van der Waals surface area contributed by atoms with E-state index >= 15 is 0 Å². The molecule has 21 aromatic carbocycles. The minimum atomic E-state index is -0.458. The molecule has 0 fully saturated rings. The topological polar surface area (TPSA) is 16.3 Å². The molecule has 0 amide bonds. The Labute approximate surface area is 869 Å². The van der Waals surface area contributed by atoms with Crippen LogP contribution in [0.1, 0.15) is 237 Å². The second-order valence-electron chi connectivity index (χ2n) is 52.5. The van der Waals surface area contributed by atoms with Gasteiger partial charge in [-0.3, -0.25) is 0 Å². The number of fused-ring (bicyclic) bond motifs is 6. The average Bonchev–Trinajstić information content (AvgIpc) is 1.32. The lowest BCUT2D eigenvalue weighted by Gasteiger charge is -2.46. The number of anilines is 6. The maximum absolute atomic E-state index is 2.86. The lowest BCUT2D eigenvalue weighted by Crippen LogP contribution is -2.61. The molecule has 0 saturated carbocycles. The van der Waals surface area contributed by atoms with Gasteiger partial charge < -0.3 is 18.9 Å². The molecule has 23 aromatic rings. The maximum Gasteiger partial charge on any atom is 0.252 e. The molecule has 726 valence electrons. The van der Waals surface area contributed by atoms with Crippen molar-refractivity contribution in [1.82, 2.24) is 9.13 Å². The summed E-state index contributed by atoms with van der Waals surface area (Å²) in [7, 11) is 0. The Bertz CT molecular complexity index is 8460. The van der Waals surface area contributed by atoms with Crippen LogP contribution >= 0.6 is 0 Å². The van der Waals surface area contributed by atoms with Crippen molar-refractivity contribution in [3.8, 4) is 78.1 Å². The Kier molecular flexibility index (Phi) is 20.4. The summed E-state index contributed by atoms with van der Waals surface area (Å²) in [5.74, 6) is 0. The van der Waals surface area contributed by atoms with Gasteiger partial charge in [0.15, 0.2) is 0 Å². The average molecular weight is 1910 g/mol. The van der Waals surface area contributed by atoms with E-state index < -0.39 is 5.41 Å². The van der Waals surface area contributed by atoms with E-state index in [0.29, 0.717) is 0 Å². The van der Waals surface area contributed by atoms with Crippen molar-refractivity contribution in [2.75, 3.05) is 9.80 Å². The van der Waals surface area contributed by atoms with Crippen LogP contribution < -0.4 is 26.2 Å². The van der Waals surface area contributed by atoms with Crippen molar-refractivity contribution in [2.24, 2.45) is 0 Å². The first kappa shape index (κ1) is 93.5. The predicted octanol–water partition coefficient (Wildman–Crippen LogP) is 38.3. The summed E-state index contributed by atoms with van der Waals surface area (Å²) in [5.41, 5.74) is 40.8. The third-order valence-corrected chi connectivity index (χ3v) is 33.3. The number of aromatic nitrogens is 2. The summed E-state index contributed by atoms with van der Waals surface area (Å²) in [6, 6.07) is 132. The number of nitrogens with zero attached hydrogens (tertiary/aromatic N) is 4. The molecule has 0 spiro atoms. The van der Waals surface area contributed by atoms with Crippen LogP contribution in [-0.2, 0) is 48.7 Å². The fourth-order valence-corrected chi connectivity index (χ4v) is 25.8. The second-order valence-corrected chi connectivity index (χ2v) is 52.5. The van der Waals surface area contributed by atoms with Crippen LogP contribution in [0.25, 0.3) is 186 Å². The summed E-state index contributed by atoms with van der Waals surface area (Å²) in [6.45, 7) is 64.6.